The second-order valence-electron chi connectivity index (χ2n) is 5.68. The van der Waals surface area contributed by atoms with Crippen LogP contribution in [0.3, 0.4) is 0 Å². The topological polar surface area (TPSA) is 42.7 Å². The van der Waals surface area contributed by atoms with Crippen molar-refractivity contribution in [2.45, 2.75) is 52.2 Å². The summed E-state index contributed by atoms with van der Waals surface area (Å²) < 4.78 is 1.91. The molecular formula is C14H22N4S. The minimum atomic E-state index is -0.0108. The van der Waals surface area contributed by atoms with E-state index in [-0.39, 0.29) is 5.54 Å². The van der Waals surface area contributed by atoms with Gasteiger partial charge in [0.1, 0.15) is 0 Å². The summed E-state index contributed by atoms with van der Waals surface area (Å²) in [4.78, 5) is 1.38. The van der Waals surface area contributed by atoms with Gasteiger partial charge in [-0.15, -0.1) is 16.4 Å². The molecule has 0 amide bonds. The Hall–Kier alpha value is -1.20. The van der Waals surface area contributed by atoms with Crippen molar-refractivity contribution in [3.63, 3.8) is 0 Å². The summed E-state index contributed by atoms with van der Waals surface area (Å²) in [5, 5.41) is 14.1. The van der Waals surface area contributed by atoms with E-state index >= 15 is 0 Å². The normalized spacial score (nSPS) is 13.7. The Morgan fingerprint density at radius 1 is 1.42 bits per heavy atom. The number of nitrogens with zero attached hydrogens (tertiary/aromatic N) is 3. The monoisotopic (exact) mass is 278 g/mol. The highest BCUT2D eigenvalue weighted by Gasteiger charge is 2.16. The van der Waals surface area contributed by atoms with E-state index in [1.54, 1.807) is 11.3 Å². The van der Waals surface area contributed by atoms with E-state index in [2.05, 4.69) is 60.8 Å². The van der Waals surface area contributed by atoms with Crippen LogP contribution in [0, 0.1) is 0 Å². The standard InChI is InChI=1S/C14H22N4S/c1-5-12(13-7-6-8-19-13)15-9-11-10-18(17-16-11)14(2,3)4/h6-8,10,12,15H,5,9H2,1-4H3. The molecule has 2 aromatic heterocycles. The zero-order valence-electron chi connectivity index (χ0n) is 12.1. The van der Waals surface area contributed by atoms with Gasteiger partial charge in [-0.05, 0) is 38.6 Å². The molecular weight excluding hydrogens is 256 g/mol. The second-order valence-corrected chi connectivity index (χ2v) is 6.66. The maximum absolute atomic E-state index is 4.22. The predicted molar refractivity (Wildman–Crippen MR) is 79.2 cm³/mol. The van der Waals surface area contributed by atoms with Gasteiger partial charge in [-0.25, -0.2) is 4.68 Å². The third kappa shape index (κ3) is 3.64. The van der Waals surface area contributed by atoms with E-state index in [1.807, 2.05) is 10.9 Å². The van der Waals surface area contributed by atoms with Crippen LogP contribution in [0.4, 0.5) is 0 Å². The van der Waals surface area contributed by atoms with Crippen LogP contribution in [-0.4, -0.2) is 15.0 Å². The fraction of sp³-hybridized carbons (Fsp3) is 0.571. The molecule has 0 spiro atoms. The number of hydrogen-bond acceptors (Lipinski definition) is 4. The van der Waals surface area contributed by atoms with Gasteiger partial charge < -0.3 is 5.32 Å². The van der Waals surface area contributed by atoms with Crippen LogP contribution < -0.4 is 5.32 Å². The molecule has 19 heavy (non-hydrogen) atoms. The summed E-state index contributed by atoms with van der Waals surface area (Å²) >= 11 is 1.80. The zero-order valence-corrected chi connectivity index (χ0v) is 12.9. The Bertz CT molecular complexity index is 496. The van der Waals surface area contributed by atoms with Gasteiger partial charge in [0.25, 0.3) is 0 Å². The molecule has 4 nitrogen and oxygen atoms in total. The van der Waals surface area contributed by atoms with E-state index in [4.69, 9.17) is 0 Å². The Kier molecular flexibility index (Phi) is 4.37. The molecule has 0 aliphatic rings. The molecule has 0 radical (unpaired) electrons. The lowest BCUT2D eigenvalue weighted by Gasteiger charge is -2.17. The molecule has 0 aliphatic heterocycles. The average molecular weight is 278 g/mol. The molecule has 0 aliphatic carbocycles. The molecule has 104 valence electrons. The minimum Gasteiger partial charge on any atom is -0.303 e. The van der Waals surface area contributed by atoms with E-state index < -0.39 is 0 Å². The number of aromatic nitrogens is 3. The predicted octanol–water partition coefficient (Wildman–Crippen LogP) is 3.34. The van der Waals surface area contributed by atoms with Crippen LogP contribution in [0.2, 0.25) is 0 Å². The molecule has 1 atom stereocenters. The van der Waals surface area contributed by atoms with Gasteiger partial charge in [0, 0.05) is 17.5 Å². The first-order chi connectivity index (χ1) is 9.00. The second kappa shape index (κ2) is 5.84. The first-order valence-corrected chi connectivity index (χ1v) is 7.57. The summed E-state index contributed by atoms with van der Waals surface area (Å²) in [5.74, 6) is 0. The zero-order chi connectivity index (χ0) is 13.9. The SMILES string of the molecule is CCC(NCc1cn(C(C)(C)C)nn1)c1cccs1. The molecule has 0 bridgehead atoms. The molecule has 0 aromatic carbocycles. The van der Waals surface area contributed by atoms with Crippen LogP contribution >= 0.6 is 11.3 Å². The van der Waals surface area contributed by atoms with Crippen molar-refractivity contribution in [1.82, 2.24) is 20.3 Å². The number of hydrogen-bond donors (Lipinski definition) is 1. The van der Waals surface area contributed by atoms with Gasteiger partial charge in [-0.1, -0.05) is 18.2 Å². The van der Waals surface area contributed by atoms with Crippen molar-refractivity contribution in [1.29, 1.82) is 0 Å². The van der Waals surface area contributed by atoms with Crippen molar-refractivity contribution in [2.75, 3.05) is 0 Å². The van der Waals surface area contributed by atoms with Crippen molar-refractivity contribution < 1.29 is 0 Å². The van der Waals surface area contributed by atoms with Crippen molar-refractivity contribution in [3.8, 4) is 0 Å². The molecule has 0 saturated heterocycles. The highest BCUT2D eigenvalue weighted by molar-refractivity contribution is 7.10. The third-order valence-electron chi connectivity index (χ3n) is 3.05. The minimum absolute atomic E-state index is 0.0108. The summed E-state index contributed by atoms with van der Waals surface area (Å²) in [6.45, 7) is 9.33. The van der Waals surface area contributed by atoms with Gasteiger partial charge in [0.05, 0.1) is 17.4 Å². The smallest absolute Gasteiger partial charge is 0.0965 e. The fourth-order valence-corrected chi connectivity index (χ4v) is 2.76. The lowest BCUT2D eigenvalue weighted by Crippen LogP contribution is -2.22. The number of nitrogens with one attached hydrogen (secondary N) is 1. The lowest BCUT2D eigenvalue weighted by molar-refractivity contribution is 0.346. The average Bonchev–Trinajstić information content (AvgIpc) is 2.99. The van der Waals surface area contributed by atoms with Crippen LogP contribution in [0.1, 0.15) is 50.7 Å². The van der Waals surface area contributed by atoms with Gasteiger partial charge in [0.2, 0.25) is 0 Å². The largest absolute Gasteiger partial charge is 0.303 e. The quantitative estimate of drug-likeness (QED) is 0.912. The highest BCUT2D eigenvalue weighted by atomic mass is 32.1. The molecule has 2 rings (SSSR count). The maximum Gasteiger partial charge on any atom is 0.0965 e. The van der Waals surface area contributed by atoms with Gasteiger partial charge in [0.15, 0.2) is 0 Å². The van der Waals surface area contributed by atoms with Crippen LogP contribution in [-0.2, 0) is 12.1 Å². The van der Waals surface area contributed by atoms with E-state index in [9.17, 15) is 0 Å². The molecule has 0 fully saturated rings. The van der Waals surface area contributed by atoms with E-state index in [0.29, 0.717) is 6.04 Å². The van der Waals surface area contributed by atoms with Crippen molar-refractivity contribution >= 4 is 11.3 Å². The molecule has 5 heteroatoms. The lowest BCUT2D eigenvalue weighted by atomic mass is 10.1. The Labute approximate surface area is 118 Å². The molecule has 1 N–H and O–H groups in total. The number of rotatable bonds is 5. The highest BCUT2D eigenvalue weighted by Crippen LogP contribution is 2.22. The fourth-order valence-electron chi connectivity index (χ4n) is 1.87. The van der Waals surface area contributed by atoms with Crippen LogP contribution in [0.15, 0.2) is 23.7 Å². The summed E-state index contributed by atoms with van der Waals surface area (Å²) in [6, 6.07) is 4.68. The summed E-state index contributed by atoms with van der Waals surface area (Å²) in [5.41, 5.74) is 0.980. The van der Waals surface area contributed by atoms with Crippen molar-refractivity contribution in [2.24, 2.45) is 0 Å². The van der Waals surface area contributed by atoms with Gasteiger partial charge in [-0.3, -0.25) is 0 Å². The number of thiophene rings is 1. The van der Waals surface area contributed by atoms with Crippen LogP contribution in [0.5, 0.6) is 0 Å². The Morgan fingerprint density at radius 3 is 2.74 bits per heavy atom. The summed E-state index contributed by atoms with van der Waals surface area (Å²) in [7, 11) is 0. The molecule has 2 heterocycles. The maximum atomic E-state index is 4.22. The van der Waals surface area contributed by atoms with Crippen LogP contribution in [0.25, 0.3) is 0 Å². The van der Waals surface area contributed by atoms with Gasteiger partial charge >= 0.3 is 0 Å². The third-order valence-corrected chi connectivity index (χ3v) is 4.04. The first kappa shape index (κ1) is 14.2. The first-order valence-electron chi connectivity index (χ1n) is 6.69. The van der Waals surface area contributed by atoms with E-state index in [0.717, 1.165) is 18.7 Å². The molecule has 1 unspecified atom stereocenters. The Balaban J connectivity index is 1.96. The van der Waals surface area contributed by atoms with Crippen molar-refractivity contribution in [3.05, 3.63) is 34.3 Å². The molecule has 0 saturated carbocycles. The molecule has 2 aromatic rings. The summed E-state index contributed by atoms with van der Waals surface area (Å²) in [6.07, 6.45) is 3.10. The Morgan fingerprint density at radius 2 is 2.21 bits per heavy atom. The van der Waals surface area contributed by atoms with E-state index in [1.165, 1.54) is 4.88 Å². The van der Waals surface area contributed by atoms with Gasteiger partial charge in [-0.2, -0.15) is 0 Å².